The van der Waals surface area contributed by atoms with Crippen LogP contribution in [0.15, 0.2) is 79.1 Å². The van der Waals surface area contributed by atoms with Gasteiger partial charge in [-0.05, 0) is 47.0 Å². The highest BCUT2D eigenvalue weighted by Crippen LogP contribution is 2.35. The first-order valence-electron chi connectivity index (χ1n) is 8.43. The number of nitrogens with two attached hydrogens (primary N) is 1. The van der Waals surface area contributed by atoms with Crippen LogP contribution in [0.2, 0.25) is 0 Å². The van der Waals surface area contributed by atoms with Gasteiger partial charge in [0.2, 0.25) is 0 Å². The molecule has 4 aromatic rings. The minimum absolute atomic E-state index is 0.243. The lowest BCUT2D eigenvalue weighted by molar-refractivity contribution is 0.628. The van der Waals surface area contributed by atoms with Crippen molar-refractivity contribution in [3.63, 3.8) is 0 Å². The van der Waals surface area contributed by atoms with Gasteiger partial charge in [0.05, 0.1) is 5.69 Å². The van der Waals surface area contributed by atoms with E-state index >= 15 is 0 Å². The van der Waals surface area contributed by atoms with Gasteiger partial charge in [-0.1, -0.05) is 36.4 Å². The molecule has 4 heteroatoms. The van der Waals surface area contributed by atoms with Crippen molar-refractivity contribution in [3.8, 4) is 33.6 Å². The number of nitrogens with one attached hydrogen (secondary N) is 1. The van der Waals surface area contributed by atoms with Gasteiger partial charge >= 0.3 is 0 Å². The predicted octanol–water partition coefficient (Wildman–Crippen LogP) is 5.01. The molecule has 0 amide bonds. The first-order chi connectivity index (χ1) is 12.7. The van der Waals surface area contributed by atoms with E-state index in [1.54, 1.807) is 24.5 Å². The van der Waals surface area contributed by atoms with E-state index in [1.807, 2.05) is 24.3 Å². The fourth-order valence-corrected chi connectivity index (χ4v) is 3.03. The van der Waals surface area contributed by atoms with E-state index < -0.39 is 0 Å². The molecule has 4 rings (SSSR count). The van der Waals surface area contributed by atoms with Gasteiger partial charge in [-0.3, -0.25) is 4.98 Å². The molecular weight excluding hydrogens is 325 g/mol. The van der Waals surface area contributed by atoms with Crippen molar-refractivity contribution in [1.29, 1.82) is 0 Å². The van der Waals surface area contributed by atoms with Gasteiger partial charge in [-0.25, -0.2) is 4.39 Å². The number of benzene rings is 2. The summed E-state index contributed by atoms with van der Waals surface area (Å²) in [6.07, 6.45) is 3.53. The Kier molecular flexibility index (Phi) is 4.33. The Labute approximate surface area is 151 Å². The Morgan fingerprint density at radius 2 is 1.46 bits per heavy atom. The zero-order chi connectivity index (χ0) is 17.9. The Balaban J connectivity index is 1.85. The molecule has 2 aromatic heterocycles. The summed E-state index contributed by atoms with van der Waals surface area (Å²) in [5.41, 5.74) is 12.8. The summed E-state index contributed by atoms with van der Waals surface area (Å²) >= 11 is 0. The Morgan fingerprint density at radius 3 is 2.12 bits per heavy atom. The summed E-state index contributed by atoms with van der Waals surface area (Å²) in [4.78, 5) is 7.61. The molecule has 3 nitrogen and oxygen atoms in total. The molecule has 0 radical (unpaired) electrons. The van der Waals surface area contributed by atoms with Crippen LogP contribution in [-0.4, -0.2) is 9.97 Å². The van der Waals surface area contributed by atoms with Crippen LogP contribution in [0.4, 0.5) is 4.39 Å². The van der Waals surface area contributed by atoms with Crippen molar-refractivity contribution in [2.45, 2.75) is 6.54 Å². The van der Waals surface area contributed by atoms with E-state index in [4.69, 9.17) is 5.73 Å². The maximum Gasteiger partial charge on any atom is 0.123 e. The van der Waals surface area contributed by atoms with Crippen molar-refractivity contribution in [1.82, 2.24) is 9.97 Å². The Morgan fingerprint density at radius 1 is 0.808 bits per heavy atom. The van der Waals surface area contributed by atoms with Crippen LogP contribution < -0.4 is 5.73 Å². The van der Waals surface area contributed by atoms with E-state index in [0.29, 0.717) is 6.54 Å². The first kappa shape index (κ1) is 16.2. The van der Waals surface area contributed by atoms with E-state index in [2.05, 4.69) is 28.2 Å². The second kappa shape index (κ2) is 6.94. The lowest BCUT2D eigenvalue weighted by Crippen LogP contribution is -1.95. The molecule has 0 aliphatic heterocycles. The molecule has 0 saturated carbocycles. The van der Waals surface area contributed by atoms with Crippen LogP contribution in [0.25, 0.3) is 33.6 Å². The van der Waals surface area contributed by atoms with E-state index in [0.717, 1.165) is 39.2 Å². The molecule has 0 spiro atoms. The Hall–Kier alpha value is -3.24. The van der Waals surface area contributed by atoms with Gasteiger partial charge in [-0.15, -0.1) is 0 Å². The van der Waals surface area contributed by atoms with Gasteiger partial charge in [0.15, 0.2) is 0 Å². The number of hydrogen-bond acceptors (Lipinski definition) is 2. The third-order valence-electron chi connectivity index (χ3n) is 4.44. The number of rotatable bonds is 4. The molecule has 0 atom stereocenters. The largest absolute Gasteiger partial charge is 0.354 e. The van der Waals surface area contributed by atoms with Crippen molar-refractivity contribution >= 4 is 0 Å². The second-order valence-corrected chi connectivity index (χ2v) is 6.12. The van der Waals surface area contributed by atoms with Gasteiger partial charge in [-0.2, -0.15) is 0 Å². The van der Waals surface area contributed by atoms with E-state index in [9.17, 15) is 4.39 Å². The average Bonchev–Trinajstić information content (AvgIpc) is 3.15. The summed E-state index contributed by atoms with van der Waals surface area (Å²) in [5, 5.41) is 0. The highest BCUT2D eigenvalue weighted by atomic mass is 19.1. The fourth-order valence-electron chi connectivity index (χ4n) is 3.03. The van der Waals surface area contributed by atoms with Crippen LogP contribution in [0.3, 0.4) is 0 Å². The van der Waals surface area contributed by atoms with Crippen LogP contribution in [0, 0.1) is 5.82 Å². The summed E-state index contributed by atoms with van der Waals surface area (Å²) in [6.45, 7) is 0.522. The first-order valence-corrected chi connectivity index (χ1v) is 8.43. The standard InChI is InChI=1S/C22H18FN3/c23-19-7-5-16(6-8-19)20-13-21(17-3-1-15(14-24)2-4-17)26-22(20)18-9-11-25-12-10-18/h1-13,26H,14,24H2. The minimum atomic E-state index is -0.243. The smallest absolute Gasteiger partial charge is 0.123 e. The van der Waals surface area contributed by atoms with Crippen molar-refractivity contribution in [2.24, 2.45) is 5.73 Å². The number of pyridine rings is 1. The van der Waals surface area contributed by atoms with E-state index in [-0.39, 0.29) is 5.82 Å². The highest BCUT2D eigenvalue weighted by Gasteiger charge is 2.13. The SMILES string of the molecule is NCc1ccc(-c2cc(-c3ccc(F)cc3)c(-c3ccncc3)[nH]2)cc1. The second-order valence-electron chi connectivity index (χ2n) is 6.12. The minimum Gasteiger partial charge on any atom is -0.354 e. The molecular formula is C22H18FN3. The molecule has 0 saturated heterocycles. The third kappa shape index (κ3) is 3.15. The van der Waals surface area contributed by atoms with Crippen molar-refractivity contribution in [3.05, 3.63) is 90.5 Å². The lowest BCUT2D eigenvalue weighted by atomic mass is 10.0. The number of hydrogen-bond donors (Lipinski definition) is 2. The predicted molar refractivity (Wildman–Crippen MR) is 103 cm³/mol. The summed E-state index contributed by atoms with van der Waals surface area (Å²) in [7, 11) is 0. The number of aromatic amines is 1. The number of nitrogens with zero attached hydrogens (tertiary/aromatic N) is 1. The maximum absolute atomic E-state index is 13.3. The fraction of sp³-hybridized carbons (Fsp3) is 0.0455. The molecule has 0 unspecified atom stereocenters. The normalized spacial score (nSPS) is 10.8. The monoisotopic (exact) mass is 343 g/mol. The topological polar surface area (TPSA) is 54.7 Å². The molecule has 0 fully saturated rings. The van der Waals surface area contributed by atoms with Crippen molar-refractivity contribution in [2.75, 3.05) is 0 Å². The number of halogens is 1. The van der Waals surface area contributed by atoms with Gasteiger partial charge in [0, 0.05) is 35.8 Å². The Bertz CT molecular complexity index is 1000. The molecule has 3 N–H and O–H groups in total. The summed E-state index contributed by atoms with van der Waals surface area (Å²) < 4.78 is 13.3. The highest BCUT2D eigenvalue weighted by molar-refractivity contribution is 5.85. The molecule has 128 valence electrons. The molecule has 26 heavy (non-hydrogen) atoms. The average molecular weight is 343 g/mol. The van der Waals surface area contributed by atoms with Crippen LogP contribution in [0.1, 0.15) is 5.56 Å². The van der Waals surface area contributed by atoms with Gasteiger partial charge in [0.1, 0.15) is 5.82 Å². The third-order valence-corrected chi connectivity index (χ3v) is 4.44. The molecule has 0 bridgehead atoms. The quantitative estimate of drug-likeness (QED) is 0.547. The van der Waals surface area contributed by atoms with Crippen LogP contribution >= 0.6 is 0 Å². The van der Waals surface area contributed by atoms with Crippen LogP contribution in [0.5, 0.6) is 0 Å². The van der Waals surface area contributed by atoms with Gasteiger partial charge < -0.3 is 10.7 Å². The van der Waals surface area contributed by atoms with Gasteiger partial charge in [0.25, 0.3) is 0 Å². The van der Waals surface area contributed by atoms with E-state index in [1.165, 1.54) is 12.1 Å². The lowest BCUT2D eigenvalue weighted by Gasteiger charge is -2.04. The number of aromatic nitrogens is 2. The number of H-pyrrole nitrogens is 1. The molecule has 0 aliphatic carbocycles. The zero-order valence-corrected chi connectivity index (χ0v) is 14.1. The van der Waals surface area contributed by atoms with Crippen molar-refractivity contribution < 1.29 is 4.39 Å². The molecule has 0 aliphatic rings. The zero-order valence-electron chi connectivity index (χ0n) is 14.1. The maximum atomic E-state index is 13.3. The molecule has 2 aromatic carbocycles. The summed E-state index contributed by atoms with van der Waals surface area (Å²) in [5.74, 6) is -0.243. The molecule has 2 heterocycles. The summed E-state index contributed by atoms with van der Waals surface area (Å²) in [6, 6.07) is 20.7. The van der Waals surface area contributed by atoms with Crippen LogP contribution in [-0.2, 0) is 6.54 Å².